The number of nitrogens with zero attached hydrogens (tertiary/aromatic N) is 1. The SMILES string of the molecule is O=C(Cc1c(F)cccc1Cl)N(CCCl)C1CCC1. The highest BCUT2D eigenvalue weighted by Gasteiger charge is 2.28. The molecule has 1 amide bonds. The van der Waals surface area contributed by atoms with Crippen molar-refractivity contribution in [3.8, 4) is 0 Å². The minimum Gasteiger partial charge on any atom is -0.338 e. The van der Waals surface area contributed by atoms with E-state index in [0.717, 1.165) is 19.3 Å². The maximum atomic E-state index is 13.7. The van der Waals surface area contributed by atoms with Gasteiger partial charge in [-0.2, -0.15) is 0 Å². The third-order valence-corrected chi connectivity index (χ3v) is 4.07. The van der Waals surface area contributed by atoms with E-state index in [0.29, 0.717) is 17.4 Å². The van der Waals surface area contributed by atoms with Gasteiger partial charge in [0.15, 0.2) is 0 Å². The number of amides is 1. The lowest BCUT2D eigenvalue weighted by atomic mass is 9.91. The van der Waals surface area contributed by atoms with Gasteiger partial charge in [-0.25, -0.2) is 4.39 Å². The van der Waals surface area contributed by atoms with E-state index in [1.165, 1.54) is 12.1 Å². The highest BCUT2D eigenvalue weighted by atomic mass is 35.5. The summed E-state index contributed by atoms with van der Waals surface area (Å²) < 4.78 is 13.7. The molecule has 0 radical (unpaired) electrons. The molecule has 0 saturated heterocycles. The Kier molecular flexibility index (Phi) is 5.06. The van der Waals surface area contributed by atoms with Crippen LogP contribution in [0, 0.1) is 5.82 Å². The molecule has 0 aromatic heterocycles. The summed E-state index contributed by atoms with van der Waals surface area (Å²) >= 11 is 11.7. The van der Waals surface area contributed by atoms with Crippen LogP contribution in [0.1, 0.15) is 24.8 Å². The predicted octanol–water partition coefficient (Wildman–Crippen LogP) is 3.64. The van der Waals surface area contributed by atoms with Gasteiger partial charge < -0.3 is 4.90 Å². The summed E-state index contributed by atoms with van der Waals surface area (Å²) in [7, 11) is 0. The minimum atomic E-state index is -0.430. The van der Waals surface area contributed by atoms with Crippen LogP contribution in [0.15, 0.2) is 18.2 Å². The van der Waals surface area contributed by atoms with Gasteiger partial charge in [-0.05, 0) is 31.4 Å². The highest BCUT2D eigenvalue weighted by molar-refractivity contribution is 6.31. The number of halogens is 3. The zero-order valence-electron chi connectivity index (χ0n) is 10.5. The topological polar surface area (TPSA) is 20.3 Å². The first-order valence-electron chi connectivity index (χ1n) is 6.42. The number of alkyl halides is 1. The average Bonchev–Trinajstić information content (AvgIpc) is 2.31. The molecule has 1 aliphatic carbocycles. The fraction of sp³-hybridized carbons (Fsp3) is 0.500. The lowest BCUT2D eigenvalue weighted by Crippen LogP contribution is -2.46. The number of rotatable bonds is 5. The van der Waals surface area contributed by atoms with Gasteiger partial charge in [0.1, 0.15) is 5.82 Å². The fourth-order valence-electron chi connectivity index (χ4n) is 2.25. The van der Waals surface area contributed by atoms with E-state index >= 15 is 0 Å². The molecule has 1 aliphatic rings. The van der Waals surface area contributed by atoms with E-state index in [4.69, 9.17) is 23.2 Å². The zero-order valence-corrected chi connectivity index (χ0v) is 12.1. The van der Waals surface area contributed by atoms with Gasteiger partial charge in [-0.1, -0.05) is 17.7 Å². The molecule has 0 heterocycles. The molecular weight excluding hydrogens is 288 g/mol. The first-order chi connectivity index (χ1) is 9.13. The van der Waals surface area contributed by atoms with E-state index < -0.39 is 5.82 Å². The Hall–Kier alpha value is -0.800. The maximum Gasteiger partial charge on any atom is 0.227 e. The molecule has 104 valence electrons. The van der Waals surface area contributed by atoms with Crippen LogP contribution in [0.25, 0.3) is 0 Å². The molecule has 0 N–H and O–H groups in total. The van der Waals surface area contributed by atoms with E-state index in [1.807, 2.05) is 0 Å². The smallest absolute Gasteiger partial charge is 0.227 e. The van der Waals surface area contributed by atoms with Crippen LogP contribution in [0.3, 0.4) is 0 Å². The van der Waals surface area contributed by atoms with Crippen LogP contribution in [0.2, 0.25) is 5.02 Å². The Bertz CT molecular complexity index is 443. The van der Waals surface area contributed by atoms with Crippen LogP contribution < -0.4 is 0 Å². The highest BCUT2D eigenvalue weighted by Crippen LogP contribution is 2.26. The Labute approximate surface area is 122 Å². The molecule has 19 heavy (non-hydrogen) atoms. The monoisotopic (exact) mass is 303 g/mol. The van der Waals surface area contributed by atoms with Crippen molar-refractivity contribution in [3.63, 3.8) is 0 Å². The summed E-state index contributed by atoms with van der Waals surface area (Å²) in [4.78, 5) is 14.0. The quantitative estimate of drug-likeness (QED) is 0.761. The van der Waals surface area contributed by atoms with Crippen LogP contribution in [0.5, 0.6) is 0 Å². The molecule has 2 rings (SSSR count). The largest absolute Gasteiger partial charge is 0.338 e. The van der Waals surface area contributed by atoms with E-state index in [2.05, 4.69) is 0 Å². The second-order valence-electron chi connectivity index (χ2n) is 4.74. The van der Waals surface area contributed by atoms with Crippen LogP contribution in [-0.2, 0) is 11.2 Å². The lowest BCUT2D eigenvalue weighted by molar-refractivity contribution is -0.134. The normalized spacial score (nSPS) is 15.1. The predicted molar refractivity (Wildman–Crippen MR) is 75.2 cm³/mol. The van der Waals surface area contributed by atoms with Crippen molar-refractivity contribution < 1.29 is 9.18 Å². The molecule has 0 bridgehead atoms. The van der Waals surface area contributed by atoms with E-state index in [1.54, 1.807) is 11.0 Å². The van der Waals surface area contributed by atoms with Crippen molar-refractivity contribution in [2.75, 3.05) is 12.4 Å². The molecule has 1 aromatic carbocycles. The van der Waals surface area contributed by atoms with Crippen LogP contribution in [0.4, 0.5) is 4.39 Å². The van der Waals surface area contributed by atoms with Gasteiger partial charge in [0.05, 0.1) is 6.42 Å². The third-order valence-electron chi connectivity index (χ3n) is 3.55. The first-order valence-corrected chi connectivity index (χ1v) is 7.33. The van der Waals surface area contributed by atoms with Crippen molar-refractivity contribution in [2.24, 2.45) is 0 Å². The lowest BCUT2D eigenvalue weighted by Gasteiger charge is -2.37. The third kappa shape index (κ3) is 3.40. The standard InChI is InChI=1S/C14H16Cl2FNO/c15-7-8-18(10-3-1-4-10)14(19)9-11-12(16)5-2-6-13(11)17/h2,5-6,10H,1,3-4,7-9H2. The molecule has 0 atom stereocenters. The van der Waals surface area contributed by atoms with Gasteiger partial charge >= 0.3 is 0 Å². The summed E-state index contributed by atoms with van der Waals surface area (Å²) in [5.74, 6) is -0.134. The Morgan fingerprint density at radius 3 is 2.68 bits per heavy atom. The van der Waals surface area contributed by atoms with E-state index in [-0.39, 0.29) is 23.9 Å². The molecule has 0 unspecified atom stereocenters. The summed E-state index contributed by atoms with van der Waals surface area (Å²) in [6.07, 6.45) is 3.15. The Balaban J connectivity index is 2.09. The summed E-state index contributed by atoms with van der Waals surface area (Å²) in [5.41, 5.74) is 0.271. The molecule has 2 nitrogen and oxygen atoms in total. The molecule has 1 fully saturated rings. The van der Waals surface area contributed by atoms with Gasteiger partial charge in [0, 0.05) is 29.1 Å². The van der Waals surface area contributed by atoms with Crippen LogP contribution >= 0.6 is 23.2 Å². The first kappa shape index (κ1) is 14.6. The molecule has 5 heteroatoms. The molecule has 0 aliphatic heterocycles. The number of hydrogen-bond acceptors (Lipinski definition) is 1. The molecule has 1 aromatic rings. The molecular formula is C14H16Cl2FNO. The average molecular weight is 304 g/mol. The maximum absolute atomic E-state index is 13.7. The van der Waals surface area contributed by atoms with Crippen LogP contribution in [-0.4, -0.2) is 29.3 Å². The Morgan fingerprint density at radius 1 is 1.42 bits per heavy atom. The molecule has 0 spiro atoms. The summed E-state index contributed by atoms with van der Waals surface area (Å²) in [6, 6.07) is 4.72. The van der Waals surface area contributed by atoms with E-state index in [9.17, 15) is 9.18 Å². The van der Waals surface area contributed by atoms with Crippen molar-refractivity contribution in [1.82, 2.24) is 4.90 Å². The zero-order chi connectivity index (χ0) is 13.8. The van der Waals surface area contributed by atoms with Gasteiger partial charge in [0.2, 0.25) is 5.91 Å². The Morgan fingerprint density at radius 2 is 2.16 bits per heavy atom. The molecule has 1 saturated carbocycles. The van der Waals surface area contributed by atoms with Crippen molar-refractivity contribution in [1.29, 1.82) is 0 Å². The second kappa shape index (κ2) is 6.58. The van der Waals surface area contributed by atoms with Crippen molar-refractivity contribution in [3.05, 3.63) is 34.6 Å². The second-order valence-corrected chi connectivity index (χ2v) is 5.52. The summed E-state index contributed by atoms with van der Waals surface area (Å²) in [6.45, 7) is 0.511. The number of benzene rings is 1. The number of hydrogen-bond donors (Lipinski definition) is 0. The van der Waals surface area contributed by atoms with Gasteiger partial charge in [-0.15, -0.1) is 11.6 Å². The van der Waals surface area contributed by atoms with Gasteiger partial charge in [-0.3, -0.25) is 4.79 Å². The summed E-state index contributed by atoms with van der Waals surface area (Å²) in [5, 5.41) is 0.299. The fourth-order valence-corrected chi connectivity index (χ4v) is 2.67. The van der Waals surface area contributed by atoms with Crippen molar-refractivity contribution in [2.45, 2.75) is 31.7 Å². The minimum absolute atomic E-state index is 0.00110. The number of carbonyl (C=O) groups is 1. The van der Waals surface area contributed by atoms with Gasteiger partial charge in [0.25, 0.3) is 0 Å². The number of carbonyl (C=O) groups excluding carboxylic acids is 1. The van der Waals surface area contributed by atoms with Crippen molar-refractivity contribution >= 4 is 29.1 Å².